The van der Waals surface area contributed by atoms with Crippen LogP contribution in [-0.2, 0) is 13.1 Å². The molecule has 2 aromatic heterocycles. The highest BCUT2D eigenvalue weighted by molar-refractivity contribution is 5.33. The molecular formula is C10H11F2N3O. The molecule has 0 radical (unpaired) electrons. The van der Waals surface area contributed by atoms with Gasteiger partial charge in [-0.25, -0.2) is 8.78 Å². The summed E-state index contributed by atoms with van der Waals surface area (Å²) in [6, 6.07) is 3.48. The lowest BCUT2D eigenvalue weighted by Gasteiger charge is -2.01. The highest BCUT2D eigenvalue weighted by Crippen LogP contribution is 2.07. The molecule has 1 N–H and O–H groups in total. The average molecular weight is 227 g/mol. The smallest absolute Gasteiger partial charge is 0.257 e. The van der Waals surface area contributed by atoms with Crippen LogP contribution >= 0.6 is 0 Å². The Morgan fingerprint density at radius 2 is 2.31 bits per heavy atom. The lowest BCUT2D eigenvalue weighted by atomic mass is 10.3. The van der Waals surface area contributed by atoms with Crippen molar-refractivity contribution in [3.63, 3.8) is 0 Å². The van der Waals surface area contributed by atoms with Crippen molar-refractivity contribution in [2.45, 2.75) is 19.5 Å². The Labute approximate surface area is 90.9 Å². The van der Waals surface area contributed by atoms with Crippen LogP contribution in [0.25, 0.3) is 0 Å². The van der Waals surface area contributed by atoms with Crippen LogP contribution in [0.3, 0.4) is 0 Å². The summed E-state index contributed by atoms with van der Waals surface area (Å²) in [7, 11) is 0. The number of hydrogen-bond acceptors (Lipinski definition) is 3. The normalized spacial score (nSPS) is 10.9. The van der Waals surface area contributed by atoms with Crippen LogP contribution in [0.2, 0.25) is 0 Å². The predicted molar refractivity (Wildman–Crippen MR) is 54.3 cm³/mol. The van der Waals surface area contributed by atoms with Crippen molar-refractivity contribution in [1.82, 2.24) is 9.78 Å². The van der Waals surface area contributed by atoms with E-state index in [-0.39, 0.29) is 6.54 Å². The molecule has 0 aromatic carbocycles. The van der Waals surface area contributed by atoms with Gasteiger partial charge >= 0.3 is 0 Å². The second-order valence-electron chi connectivity index (χ2n) is 3.30. The number of aromatic nitrogens is 2. The molecule has 0 atom stereocenters. The molecule has 0 amide bonds. The zero-order valence-electron chi connectivity index (χ0n) is 8.44. The first-order valence-electron chi connectivity index (χ1n) is 4.80. The van der Waals surface area contributed by atoms with Gasteiger partial charge in [0.05, 0.1) is 12.5 Å². The number of halogens is 2. The summed E-state index contributed by atoms with van der Waals surface area (Å²) in [6.07, 6.45) is 2.32. The zero-order chi connectivity index (χ0) is 11.4. The molecule has 0 bridgehead atoms. The lowest BCUT2D eigenvalue weighted by molar-refractivity contribution is 0.122. The molecule has 0 aliphatic rings. The van der Waals surface area contributed by atoms with E-state index < -0.39 is 6.43 Å². The topological polar surface area (TPSA) is 43.0 Å². The van der Waals surface area contributed by atoms with Crippen LogP contribution in [0.15, 0.2) is 35.3 Å². The van der Waals surface area contributed by atoms with Crippen molar-refractivity contribution in [1.29, 1.82) is 0 Å². The summed E-state index contributed by atoms with van der Waals surface area (Å²) < 4.78 is 30.2. The molecule has 86 valence electrons. The van der Waals surface area contributed by atoms with Gasteiger partial charge in [0.25, 0.3) is 6.43 Å². The van der Waals surface area contributed by atoms with Crippen molar-refractivity contribution in [2.24, 2.45) is 0 Å². The molecule has 0 spiro atoms. The van der Waals surface area contributed by atoms with E-state index in [0.29, 0.717) is 12.4 Å². The maximum Gasteiger partial charge on any atom is 0.257 e. The molecule has 6 heteroatoms. The van der Waals surface area contributed by atoms with Gasteiger partial charge in [-0.2, -0.15) is 5.10 Å². The average Bonchev–Trinajstić information content (AvgIpc) is 2.84. The monoisotopic (exact) mass is 227 g/mol. The number of hydrogen-bond donors (Lipinski definition) is 1. The van der Waals surface area contributed by atoms with Crippen LogP contribution < -0.4 is 5.32 Å². The Morgan fingerprint density at radius 1 is 1.44 bits per heavy atom. The van der Waals surface area contributed by atoms with Crippen molar-refractivity contribution >= 4 is 5.82 Å². The third-order valence-corrected chi connectivity index (χ3v) is 2.02. The van der Waals surface area contributed by atoms with E-state index in [4.69, 9.17) is 4.42 Å². The SMILES string of the molecule is FC(F)Cn1ccc(NCc2ccoc2)n1. The Morgan fingerprint density at radius 3 is 3.00 bits per heavy atom. The molecule has 0 fully saturated rings. The van der Waals surface area contributed by atoms with E-state index in [9.17, 15) is 8.78 Å². The summed E-state index contributed by atoms with van der Waals surface area (Å²) in [6.45, 7) is 0.176. The van der Waals surface area contributed by atoms with Crippen molar-refractivity contribution in [3.05, 3.63) is 36.4 Å². The molecule has 16 heavy (non-hydrogen) atoms. The molecule has 4 nitrogen and oxygen atoms in total. The number of nitrogens with zero attached hydrogens (tertiary/aromatic N) is 2. The van der Waals surface area contributed by atoms with Crippen molar-refractivity contribution < 1.29 is 13.2 Å². The van der Waals surface area contributed by atoms with E-state index in [1.54, 1.807) is 18.6 Å². The molecule has 0 saturated heterocycles. The standard InChI is InChI=1S/C10H11F2N3O/c11-9(12)6-15-3-1-10(14-15)13-5-8-2-4-16-7-8/h1-4,7,9H,5-6H2,(H,13,14). The highest BCUT2D eigenvalue weighted by atomic mass is 19.3. The number of anilines is 1. The minimum atomic E-state index is -2.39. The second-order valence-corrected chi connectivity index (χ2v) is 3.30. The summed E-state index contributed by atoms with van der Waals surface area (Å²) in [5.74, 6) is 0.571. The summed E-state index contributed by atoms with van der Waals surface area (Å²) in [5, 5.41) is 6.95. The molecule has 0 aliphatic carbocycles. The first-order valence-corrected chi connectivity index (χ1v) is 4.80. The van der Waals surface area contributed by atoms with Crippen molar-refractivity contribution in [3.8, 4) is 0 Å². The van der Waals surface area contributed by atoms with Crippen LogP contribution in [0.1, 0.15) is 5.56 Å². The van der Waals surface area contributed by atoms with Gasteiger partial charge in [0.15, 0.2) is 0 Å². The first kappa shape index (κ1) is 10.7. The summed E-state index contributed by atoms with van der Waals surface area (Å²) in [5.41, 5.74) is 0.975. The quantitative estimate of drug-likeness (QED) is 0.852. The molecule has 0 aliphatic heterocycles. The summed E-state index contributed by atoms with van der Waals surface area (Å²) in [4.78, 5) is 0. The first-order chi connectivity index (χ1) is 7.74. The lowest BCUT2D eigenvalue weighted by Crippen LogP contribution is -2.07. The van der Waals surface area contributed by atoms with Crippen molar-refractivity contribution in [2.75, 3.05) is 5.32 Å². The van der Waals surface area contributed by atoms with Gasteiger partial charge < -0.3 is 9.73 Å². The van der Waals surface area contributed by atoms with Gasteiger partial charge in [0.2, 0.25) is 0 Å². The van der Waals surface area contributed by atoms with E-state index in [1.165, 1.54) is 10.9 Å². The Bertz CT molecular complexity index is 425. The largest absolute Gasteiger partial charge is 0.472 e. The molecule has 2 heterocycles. The Kier molecular flexibility index (Phi) is 3.19. The van der Waals surface area contributed by atoms with Gasteiger partial charge in [0, 0.05) is 24.4 Å². The van der Waals surface area contributed by atoms with Gasteiger partial charge in [-0.05, 0) is 6.07 Å². The van der Waals surface area contributed by atoms with Crippen LogP contribution in [0.5, 0.6) is 0 Å². The predicted octanol–water partition coefficient (Wildman–Crippen LogP) is 2.35. The van der Waals surface area contributed by atoms with E-state index in [2.05, 4.69) is 10.4 Å². The Balaban J connectivity index is 1.88. The summed E-state index contributed by atoms with van der Waals surface area (Å²) >= 11 is 0. The second kappa shape index (κ2) is 4.78. The number of alkyl halides is 2. The van der Waals surface area contributed by atoms with E-state index in [0.717, 1.165) is 5.56 Å². The maximum absolute atomic E-state index is 12.0. The zero-order valence-corrected chi connectivity index (χ0v) is 8.44. The fourth-order valence-electron chi connectivity index (χ4n) is 1.28. The van der Waals surface area contributed by atoms with Gasteiger partial charge in [-0.3, -0.25) is 4.68 Å². The highest BCUT2D eigenvalue weighted by Gasteiger charge is 2.05. The number of rotatable bonds is 5. The van der Waals surface area contributed by atoms with Crippen LogP contribution in [0.4, 0.5) is 14.6 Å². The molecule has 0 saturated carbocycles. The van der Waals surface area contributed by atoms with Gasteiger partial charge in [-0.1, -0.05) is 0 Å². The molecular weight excluding hydrogens is 216 g/mol. The van der Waals surface area contributed by atoms with Gasteiger partial charge in [0.1, 0.15) is 12.4 Å². The fourth-order valence-corrected chi connectivity index (χ4v) is 1.28. The molecule has 2 rings (SSSR count). The van der Waals surface area contributed by atoms with E-state index in [1.807, 2.05) is 6.07 Å². The third kappa shape index (κ3) is 2.82. The van der Waals surface area contributed by atoms with E-state index >= 15 is 0 Å². The number of nitrogens with one attached hydrogen (secondary N) is 1. The minimum absolute atomic E-state index is 0.382. The minimum Gasteiger partial charge on any atom is -0.472 e. The van der Waals surface area contributed by atoms with Crippen LogP contribution in [0, 0.1) is 0 Å². The fraction of sp³-hybridized carbons (Fsp3) is 0.300. The molecule has 0 unspecified atom stereocenters. The van der Waals surface area contributed by atoms with Crippen LogP contribution in [-0.4, -0.2) is 16.2 Å². The third-order valence-electron chi connectivity index (χ3n) is 2.02. The number of furan rings is 1. The Hall–Kier alpha value is -1.85. The van der Waals surface area contributed by atoms with Gasteiger partial charge in [-0.15, -0.1) is 0 Å². The maximum atomic E-state index is 12.0. The molecule has 2 aromatic rings.